The van der Waals surface area contributed by atoms with Crippen LogP contribution in [0.1, 0.15) is 23.1 Å². The van der Waals surface area contributed by atoms with Gasteiger partial charge in [0.2, 0.25) is 0 Å². The first-order chi connectivity index (χ1) is 7.47. The van der Waals surface area contributed by atoms with E-state index >= 15 is 0 Å². The summed E-state index contributed by atoms with van der Waals surface area (Å²) in [5.74, 6) is -1.17. The van der Waals surface area contributed by atoms with E-state index in [1.165, 1.54) is 0 Å². The number of aliphatic carboxylic acids is 1. The molecule has 0 atom stereocenters. The van der Waals surface area contributed by atoms with Crippen LogP contribution in [0.4, 0.5) is 8.78 Å². The van der Waals surface area contributed by atoms with Crippen LogP contribution in [0.5, 0.6) is 0 Å². The van der Waals surface area contributed by atoms with Crippen molar-refractivity contribution in [2.45, 2.75) is 19.4 Å². The monoisotopic (exact) mass is 342 g/mol. The Kier molecular flexibility index (Phi) is 4.54. The summed E-state index contributed by atoms with van der Waals surface area (Å²) in [6.07, 6.45) is -2.06. The van der Waals surface area contributed by atoms with E-state index < -0.39 is 18.8 Å². The lowest BCUT2D eigenvalue weighted by atomic mass is 10.0. The zero-order chi connectivity index (χ0) is 12.3. The van der Waals surface area contributed by atoms with Crippen molar-refractivity contribution in [2.75, 3.05) is 0 Å². The lowest BCUT2D eigenvalue weighted by molar-refractivity contribution is -0.136. The van der Waals surface area contributed by atoms with Gasteiger partial charge < -0.3 is 10.8 Å². The van der Waals surface area contributed by atoms with Crippen LogP contribution < -0.4 is 5.73 Å². The smallest absolute Gasteiger partial charge is 0.307 e. The standard InChI is InChI=1S/C9H9F2IN2O2/c10-8(11)7-4(1-6(15)16)3-14-9(12)5(7)2-13/h3,8H,1-2,13H2,(H,15,16). The molecule has 7 heteroatoms. The zero-order valence-corrected chi connectivity index (χ0v) is 10.2. The third-order valence-corrected chi connectivity index (χ3v) is 2.95. The molecule has 0 amide bonds. The fourth-order valence-electron chi connectivity index (χ4n) is 1.36. The van der Waals surface area contributed by atoms with Crippen molar-refractivity contribution in [1.82, 2.24) is 4.98 Å². The van der Waals surface area contributed by atoms with Crippen LogP contribution in [0, 0.1) is 3.70 Å². The summed E-state index contributed by atoms with van der Waals surface area (Å²) in [5, 5.41) is 8.60. The second-order valence-corrected chi connectivity index (χ2v) is 4.06. The number of nitrogens with two attached hydrogens (primary N) is 1. The fourth-order valence-corrected chi connectivity index (χ4v) is 2.01. The maximum absolute atomic E-state index is 12.8. The molecule has 1 heterocycles. The summed E-state index contributed by atoms with van der Waals surface area (Å²) < 4.78 is 26.0. The fraction of sp³-hybridized carbons (Fsp3) is 0.333. The number of aromatic nitrogens is 1. The van der Waals surface area contributed by atoms with Crippen LogP contribution in [-0.2, 0) is 17.8 Å². The Hall–Kier alpha value is -0.830. The molecule has 4 nitrogen and oxygen atoms in total. The lowest BCUT2D eigenvalue weighted by Gasteiger charge is -2.12. The maximum Gasteiger partial charge on any atom is 0.307 e. The van der Waals surface area contributed by atoms with E-state index in [1.807, 2.05) is 0 Å². The van der Waals surface area contributed by atoms with Gasteiger partial charge in [0.1, 0.15) is 3.70 Å². The first-order valence-electron chi connectivity index (χ1n) is 4.33. The number of nitrogens with zero attached hydrogens (tertiary/aromatic N) is 1. The van der Waals surface area contributed by atoms with E-state index in [-0.39, 0.29) is 23.2 Å². The minimum atomic E-state index is -2.75. The van der Waals surface area contributed by atoms with Crippen LogP contribution in [0.25, 0.3) is 0 Å². The molecule has 0 saturated carbocycles. The highest BCUT2D eigenvalue weighted by Crippen LogP contribution is 2.29. The Bertz CT molecular complexity index is 413. The predicted molar refractivity (Wildman–Crippen MR) is 61.1 cm³/mol. The number of alkyl halides is 2. The van der Waals surface area contributed by atoms with E-state index in [4.69, 9.17) is 10.8 Å². The lowest BCUT2D eigenvalue weighted by Crippen LogP contribution is -2.12. The summed E-state index contributed by atoms with van der Waals surface area (Å²) >= 11 is 1.80. The Morgan fingerprint density at radius 3 is 2.69 bits per heavy atom. The van der Waals surface area contributed by atoms with E-state index in [0.29, 0.717) is 3.70 Å². The number of halogens is 3. The van der Waals surface area contributed by atoms with Gasteiger partial charge in [0.05, 0.1) is 6.42 Å². The van der Waals surface area contributed by atoms with Crippen molar-refractivity contribution in [2.24, 2.45) is 5.73 Å². The van der Waals surface area contributed by atoms with Crippen LogP contribution in [0.3, 0.4) is 0 Å². The molecule has 0 aliphatic heterocycles. The third-order valence-electron chi connectivity index (χ3n) is 2.02. The van der Waals surface area contributed by atoms with Gasteiger partial charge >= 0.3 is 5.97 Å². The normalized spacial score (nSPS) is 10.8. The molecule has 3 N–H and O–H groups in total. The SMILES string of the molecule is NCc1c(I)ncc(CC(=O)O)c1C(F)F. The number of hydrogen-bond donors (Lipinski definition) is 2. The van der Waals surface area contributed by atoms with Crippen molar-refractivity contribution in [3.8, 4) is 0 Å². The molecule has 0 radical (unpaired) electrons. The van der Waals surface area contributed by atoms with Crippen molar-refractivity contribution in [3.63, 3.8) is 0 Å². The topological polar surface area (TPSA) is 76.2 Å². The van der Waals surface area contributed by atoms with Crippen molar-refractivity contribution in [3.05, 3.63) is 26.6 Å². The molecule has 0 fully saturated rings. The minimum absolute atomic E-state index is 0.0170. The number of carboxylic acid groups (broad SMARTS) is 1. The molecule has 88 valence electrons. The largest absolute Gasteiger partial charge is 0.481 e. The van der Waals surface area contributed by atoms with Gasteiger partial charge in [0.25, 0.3) is 6.43 Å². The molecular formula is C9H9F2IN2O2. The Morgan fingerprint density at radius 2 is 2.25 bits per heavy atom. The number of rotatable bonds is 4. The van der Waals surface area contributed by atoms with Gasteiger partial charge in [-0.25, -0.2) is 13.8 Å². The number of hydrogen-bond acceptors (Lipinski definition) is 3. The number of carboxylic acids is 1. The first-order valence-corrected chi connectivity index (χ1v) is 5.41. The summed E-state index contributed by atoms with van der Waals surface area (Å²) in [6, 6.07) is 0. The van der Waals surface area contributed by atoms with E-state index in [9.17, 15) is 13.6 Å². The molecular weight excluding hydrogens is 333 g/mol. The predicted octanol–water partition coefficient (Wildman–Crippen LogP) is 1.71. The highest BCUT2D eigenvalue weighted by atomic mass is 127. The Labute approximate surface area is 104 Å². The second-order valence-electron chi connectivity index (χ2n) is 3.04. The van der Waals surface area contributed by atoms with Crippen molar-refractivity contribution in [1.29, 1.82) is 0 Å². The van der Waals surface area contributed by atoms with Gasteiger partial charge in [-0.05, 0) is 28.2 Å². The van der Waals surface area contributed by atoms with E-state index in [0.717, 1.165) is 6.20 Å². The zero-order valence-electron chi connectivity index (χ0n) is 8.08. The van der Waals surface area contributed by atoms with Crippen molar-refractivity contribution >= 4 is 28.6 Å². The van der Waals surface area contributed by atoms with Crippen LogP contribution in [-0.4, -0.2) is 16.1 Å². The van der Waals surface area contributed by atoms with Crippen LogP contribution in [0.2, 0.25) is 0 Å². The highest BCUT2D eigenvalue weighted by molar-refractivity contribution is 14.1. The molecule has 16 heavy (non-hydrogen) atoms. The molecule has 0 saturated heterocycles. The first kappa shape index (κ1) is 13.2. The minimum Gasteiger partial charge on any atom is -0.481 e. The number of carbonyl (C=O) groups is 1. The Balaban J connectivity index is 3.32. The van der Waals surface area contributed by atoms with Crippen LogP contribution >= 0.6 is 22.6 Å². The second kappa shape index (κ2) is 5.48. The van der Waals surface area contributed by atoms with Gasteiger partial charge in [0, 0.05) is 23.9 Å². The molecule has 0 aromatic carbocycles. The molecule has 0 aliphatic carbocycles. The maximum atomic E-state index is 12.8. The molecule has 1 aromatic rings. The number of pyridine rings is 1. The van der Waals surface area contributed by atoms with Gasteiger partial charge in [-0.3, -0.25) is 4.79 Å². The van der Waals surface area contributed by atoms with Crippen molar-refractivity contribution < 1.29 is 18.7 Å². The summed E-state index contributed by atoms with van der Waals surface area (Å²) in [4.78, 5) is 14.4. The Morgan fingerprint density at radius 1 is 1.62 bits per heavy atom. The summed E-state index contributed by atoms with van der Waals surface area (Å²) in [6.45, 7) is -0.0849. The molecule has 1 rings (SSSR count). The molecule has 0 bridgehead atoms. The molecule has 0 spiro atoms. The van der Waals surface area contributed by atoms with Crippen LogP contribution in [0.15, 0.2) is 6.20 Å². The quantitative estimate of drug-likeness (QED) is 0.645. The van der Waals surface area contributed by atoms with Gasteiger partial charge in [-0.1, -0.05) is 0 Å². The summed E-state index contributed by atoms with van der Waals surface area (Å²) in [5.41, 5.74) is 5.30. The van der Waals surface area contributed by atoms with Gasteiger partial charge in [-0.15, -0.1) is 0 Å². The average Bonchev–Trinajstić information content (AvgIpc) is 2.18. The van der Waals surface area contributed by atoms with E-state index in [1.54, 1.807) is 22.6 Å². The highest BCUT2D eigenvalue weighted by Gasteiger charge is 2.21. The summed E-state index contributed by atoms with van der Waals surface area (Å²) in [7, 11) is 0. The van der Waals surface area contributed by atoms with E-state index in [2.05, 4.69) is 4.98 Å². The average molecular weight is 342 g/mol. The van der Waals surface area contributed by atoms with Gasteiger partial charge in [-0.2, -0.15) is 0 Å². The molecule has 0 unspecified atom stereocenters. The van der Waals surface area contributed by atoms with Gasteiger partial charge in [0.15, 0.2) is 0 Å². The molecule has 1 aromatic heterocycles. The third kappa shape index (κ3) is 2.85. The molecule has 0 aliphatic rings.